The molecule has 0 saturated heterocycles. The molecule has 7 heteroatoms. The van der Waals surface area contributed by atoms with Gasteiger partial charge in [0.05, 0.1) is 23.8 Å². The normalized spacial score (nSPS) is 25.2. The Labute approximate surface area is 151 Å². The SMILES string of the molecule is O=C(NC(CO)C(=O)NC1CC2CCC1C2)c1cnc2ccccc2n1. The number of hydrogen-bond acceptors (Lipinski definition) is 5. The van der Waals surface area contributed by atoms with E-state index in [1.54, 1.807) is 6.07 Å². The van der Waals surface area contributed by atoms with Crippen molar-refractivity contribution in [2.45, 2.75) is 37.8 Å². The van der Waals surface area contributed by atoms with Crippen LogP contribution in [0.2, 0.25) is 0 Å². The van der Waals surface area contributed by atoms with Crippen LogP contribution in [0, 0.1) is 11.8 Å². The number of fused-ring (bicyclic) bond motifs is 3. The zero-order valence-corrected chi connectivity index (χ0v) is 14.4. The molecule has 1 aromatic heterocycles. The summed E-state index contributed by atoms with van der Waals surface area (Å²) in [5.41, 5.74) is 1.42. The van der Waals surface area contributed by atoms with Gasteiger partial charge in [-0.15, -0.1) is 0 Å². The monoisotopic (exact) mass is 354 g/mol. The second-order valence-electron chi connectivity index (χ2n) is 7.24. The van der Waals surface area contributed by atoms with Crippen molar-refractivity contribution in [3.63, 3.8) is 0 Å². The number of carbonyl (C=O) groups is 2. The first-order valence-electron chi connectivity index (χ1n) is 9.08. The van der Waals surface area contributed by atoms with Crippen molar-refractivity contribution < 1.29 is 14.7 Å². The standard InChI is InChI=1S/C19H22N4O3/c24-10-17(19(26)22-15-8-11-5-6-12(15)7-11)23-18(25)16-9-20-13-3-1-2-4-14(13)21-16/h1-4,9,11-12,15,17,24H,5-8,10H2,(H,22,26)(H,23,25). The average molecular weight is 354 g/mol. The van der Waals surface area contributed by atoms with Crippen LogP contribution in [-0.2, 0) is 4.79 Å². The van der Waals surface area contributed by atoms with Crippen molar-refractivity contribution in [2.75, 3.05) is 6.61 Å². The maximum atomic E-state index is 12.5. The van der Waals surface area contributed by atoms with Crippen LogP contribution >= 0.6 is 0 Å². The van der Waals surface area contributed by atoms with Gasteiger partial charge in [0.1, 0.15) is 11.7 Å². The van der Waals surface area contributed by atoms with E-state index in [0.717, 1.165) is 12.8 Å². The Kier molecular flexibility index (Phi) is 4.55. The van der Waals surface area contributed by atoms with Crippen LogP contribution in [0.5, 0.6) is 0 Å². The molecule has 1 heterocycles. The molecule has 2 aromatic rings. The third-order valence-corrected chi connectivity index (χ3v) is 5.55. The van der Waals surface area contributed by atoms with E-state index >= 15 is 0 Å². The third kappa shape index (κ3) is 3.26. The van der Waals surface area contributed by atoms with E-state index < -0.39 is 18.6 Å². The van der Waals surface area contributed by atoms with Gasteiger partial charge in [0.25, 0.3) is 5.91 Å². The average Bonchev–Trinajstić information content (AvgIpc) is 3.28. The van der Waals surface area contributed by atoms with E-state index in [1.807, 2.05) is 18.2 Å². The molecule has 4 atom stereocenters. The lowest BCUT2D eigenvalue weighted by molar-refractivity contribution is -0.124. The maximum absolute atomic E-state index is 12.5. The fraction of sp³-hybridized carbons (Fsp3) is 0.474. The van der Waals surface area contributed by atoms with E-state index in [-0.39, 0.29) is 17.6 Å². The second kappa shape index (κ2) is 6.99. The first-order valence-corrected chi connectivity index (χ1v) is 9.08. The Bertz CT molecular complexity index is 840. The molecule has 0 aliphatic heterocycles. The lowest BCUT2D eigenvalue weighted by atomic mass is 9.95. The van der Waals surface area contributed by atoms with Crippen LogP contribution in [0.3, 0.4) is 0 Å². The summed E-state index contributed by atoms with van der Waals surface area (Å²) in [4.78, 5) is 33.4. The lowest BCUT2D eigenvalue weighted by Crippen LogP contribution is -2.52. The van der Waals surface area contributed by atoms with Crippen molar-refractivity contribution in [2.24, 2.45) is 11.8 Å². The Hall–Kier alpha value is -2.54. The highest BCUT2D eigenvalue weighted by Crippen LogP contribution is 2.44. The van der Waals surface area contributed by atoms with Crippen molar-refractivity contribution in [3.8, 4) is 0 Å². The molecule has 4 unspecified atom stereocenters. The largest absolute Gasteiger partial charge is 0.394 e. The molecule has 4 rings (SSSR count). The number of nitrogens with zero attached hydrogens (tertiary/aromatic N) is 2. The molecule has 1 aromatic carbocycles. The highest BCUT2D eigenvalue weighted by Gasteiger charge is 2.40. The number of nitrogens with one attached hydrogen (secondary N) is 2. The van der Waals surface area contributed by atoms with Crippen molar-refractivity contribution in [3.05, 3.63) is 36.2 Å². The molecule has 2 amide bonds. The van der Waals surface area contributed by atoms with Gasteiger partial charge in [-0.2, -0.15) is 0 Å². The van der Waals surface area contributed by atoms with E-state index in [0.29, 0.717) is 22.9 Å². The van der Waals surface area contributed by atoms with Crippen LogP contribution in [-0.4, -0.2) is 45.6 Å². The Morgan fingerprint density at radius 3 is 2.69 bits per heavy atom. The van der Waals surface area contributed by atoms with Crippen LogP contribution in [0.4, 0.5) is 0 Å². The van der Waals surface area contributed by atoms with E-state index in [9.17, 15) is 14.7 Å². The van der Waals surface area contributed by atoms with Gasteiger partial charge < -0.3 is 15.7 Å². The molecule has 7 nitrogen and oxygen atoms in total. The number of benzene rings is 1. The van der Waals surface area contributed by atoms with Crippen LogP contribution in [0.15, 0.2) is 30.5 Å². The molecule has 2 aliphatic rings. The van der Waals surface area contributed by atoms with Crippen LogP contribution < -0.4 is 10.6 Å². The number of carbonyl (C=O) groups excluding carboxylic acids is 2. The van der Waals surface area contributed by atoms with Gasteiger partial charge in [-0.05, 0) is 43.2 Å². The molecule has 2 aliphatic carbocycles. The summed E-state index contributed by atoms with van der Waals surface area (Å²) >= 11 is 0. The third-order valence-electron chi connectivity index (χ3n) is 5.55. The summed E-state index contributed by atoms with van der Waals surface area (Å²) in [6, 6.07) is 6.41. The predicted octanol–water partition coefficient (Wildman–Crippen LogP) is 1.03. The molecule has 26 heavy (non-hydrogen) atoms. The fourth-order valence-electron chi connectivity index (χ4n) is 4.20. The number of hydrogen-bond donors (Lipinski definition) is 3. The number of amides is 2. The summed E-state index contributed by atoms with van der Waals surface area (Å²) < 4.78 is 0. The summed E-state index contributed by atoms with van der Waals surface area (Å²) in [6.07, 6.45) is 5.95. The molecule has 2 saturated carbocycles. The van der Waals surface area contributed by atoms with Gasteiger partial charge in [0.2, 0.25) is 5.91 Å². The molecule has 0 spiro atoms. The topological polar surface area (TPSA) is 104 Å². The minimum atomic E-state index is -0.991. The van der Waals surface area contributed by atoms with Gasteiger partial charge >= 0.3 is 0 Å². The summed E-state index contributed by atoms with van der Waals surface area (Å²) in [6.45, 7) is -0.459. The van der Waals surface area contributed by atoms with Crippen molar-refractivity contribution in [1.29, 1.82) is 0 Å². The molecule has 0 radical (unpaired) electrons. The minimum absolute atomic E-state index is 0.120. The van der Waals surface area contributed by atoms with Gasteiger partial charge in [-0.3, -0.25) is 14.6 Å². The van der Waals surface area contributed by atoms with E-state index in [4.69, 9.17) is 0 Å². The Morgan fingerprint density at radius 1 is 1.19 bits per heavy atom. The highest BCUT2D eigenvalue weighted by atomic mass is 16.3. The molecule has 3 N–H and O–H groups in total. The molecule has 2 bridgehead atoms. The van der Waals surface area contributed by atoms with Crippen molar-refractivity contribution >= 4 is 22.8 Å². The molecular weight excluding hydrogens is 332 g/mol. The minimum Gasteiger partial charge on any atom is -0.394 e. The lowest BCUT2D eigenvalue weighted by Gasteiger charge is -2.25. The van der Waals surface area contributed by atoms with Crippen LogP contribution in [0.1, 0.15) is 36.2 Å². The van der Waals surface area contributed by atoms with Crippen molar-refractivity contribution in [1.82, 2.24) is 20.6 Å². The van der Waals surface area contributed by atoms with Crippen LogP contribution in [0.25, 0.3) is 11.0 Å². The number of aliphatic hydroxyl groups excluding tert-OH is 1. The second-order valence-corrected chi connectivity index (χ2v) is 7.24. The fourth-order valence-corrected chi connectivity index (χ4v) is 4.20. The zero-order chi connectivity index (χ0) is 18.1. The van der Waals surface area contributed by atoms with E-state index in [1.165, 1.54) is 19.0 Å². The number of aromatic nitrogens is 2. The maximum Gasteiger partial charge on any atom is 0.272 e. The molecule has 2 fully saturated rings. The summed E-state index contributed by atoms with van der Waals surface area (Å²) in [7, 11) is 0. The Balaban J connectivity index is 1.41. The van der Waals surface area contributed by atoms with Gasteiger partial charge in [0, 0.05) is 6.04 Å². The number of aliphatic hydroxyl groups is 1. The first kappa shape index (κ1) is 16.9. The first-order chi connectivity index (χ1) is 12.6. The van der Waals surface area contributed by atoms with Gasteiger partial charge in [-0.25, -0.2) is 4.98 Å². The smallest absolute Gasteiger partial charge is 0.272 e. The van der Waals surface area contributed by atoms with Gasteiger partial charge in [-0.1, -0.05) is 18.6 Å². The molecule has 136 valence electrons. The quantitative estimate of drug-likeness (QED) is 0.744. The summed E-state index contributed by atoms with van der Waals surface area (Å²) in [5.74, 6) is 0.378. The zero-order valence-electron chi connectivity index (χ0n) is 14.4. The van der Waals surface area contributed by atoms with Gasteiger partial charge in [0.15, 0.2) is 0 Å². The molecular formula is C19H22N4O3. The van der Waals surface area contributed by atoms with E-state index in [2.05, 4.69) is 20.6 Å². The number of rotatable bonds is 5. The highest BCUT2D eigenvalue weighted by molar-refractivity contribution is 5.97. The Morgan fingerprint density at radius 2 is 2.00 bits per heavy atom. The predicted molar refractivity (Wildman–Crippen MR) is 95.3 cm³/mol. The summed E-state index contributed by atoms with van der Waals surface area (Å²) in [5, 5.41) is 15.1. The number of para-hydroxylation sites is 2.